The molecule has 150 valence electrons. The minimum Gasteiger partial charge on any atom is -0.367 e. The summed E-state index contributed by atoms with van der Waals surface area (Å²) in [5.41, 5.74) is 7.48. The zero-order chi connectivity index (χ0) is 20.3. The van der Waals surface area contributed by atoms with Crippen molar-refractivity contribution in [3.8, 4) is 0 Å². The molecule has 1 fully saturated rings. The number of H-pyrrole nitrogens is 1. The van der Waals surface area contributed by atoms with Crippen molar-refractivity contribution >= 4 is 23.5 Å². The SMILES string of the molecule is Cc1cccc(C)c1NC(=O)C1(N(C)C(=O)Cc2nc(N)n[nH]2)CCCCC1. The van der Waals surface area contributed by atoms with Crippen LogP contribution in [-0.4, -0.2) is 44.5 Å². The summed E-state index contributed by atoms with van der Waals surface area (Å²) in [5.74, 6) is 0.188. The number of rotatable bonds is 5. The number of nitrogens with two attached hydrogens (primary N) is 1. The minimum atomic E-state index is -0.865. The Morgan fingerprint density at radius 2 is 1.86 bits per heavy atom. The summed E-state index contributed by atoms with van der Waals surface area (Å²) in [7, 11) is 1.71. The van der Waals surface area contributed by atoms with Crippen LogP contribution in [0.1, 0.15) is 49.1 Å². The summed E-state index contributed by atoms with van der Waals surface area (Å²) in [5, 5.41) is 9.52. The van der Waals surface area contributed by atoms with Gasteiger partial charge < -0.3 is 16.0 Å². The molecule has 0 unspecified atom stereocenters. The van der Waals surface area contributed by atoms with Gasteiger partial charge in [0.05, 0.1) is 6.42 Å². The number of aromatic nitrogens is 3. The van der Waals surface area contributed by atoms with Crippen LogP contribution < -0.4 is 11.1 Å². The third-order valence-electron chi connectivity index (χ3n) is 5.71. The molecule has 8 heteroatoms. The number of nitrogen functional groups attached to an aromatic ring is 1. The van der Waals surface area contributed by atoms with Gasteiger partial charge in [-0.25, -0.2) is 0 Å². The first-order chi connectivity index (χ1) is 13.3. The zero-order valence-electron chi connectivity index (χ0n) is 16.7. The molecule has 0 bridgehead atoms. The summed E-state index contributed by atoms with van der Waals surface area (Å²) in [4.78, 5) is 32.0. The Balaban J connectivity index is 1.84. The molecule has 0 saturated heterocycles. The van der Waals surface area contributed by atoms with E-state index in [1.807, 2.05) is 32.0 Å². The van der Waals surface area contributed by atoms with Crippen molar-refractivity contribution in [2.75, 3.05) is 18.1 Å². The molecule has 1 aromatic carbocycles. The maximum absolute atomic E-state index is 13.4. The molecule has 8 nitrogen and oxygen atoms in total. The van der Waals surface area contributed by atoms with Crippen LogP contribution in [0.2, 0.25) is 0 Å². The number of likely N-dealkylation sites (N-methyl/N-ethyl adjacent to an activating group) is 1. The minimum absolute atomic E-state index is 0.0269. The summed E-state index contributed by atoms with van der Waals surface area (Å²) < 4.78 is 0. The molecule has 0 aliphatic heterocycles. The number of benzene rings is 1. The summed E-state index contributed by atoms with van der Waals surface area (Å²) in [6, 6.07) is 5.91. The molecule has 1 aliphatic rings. The van der Waals surface area contributed by atoms with E-state index < -0.39 is 5.54 Å². The number of aryl methyl sites for hydroxylation is 2. The summed E-state index contributed by atoms with van der Waals surface area (Å²) >= 11 is 0. The van der Waals surface area contributed by atoms with E-state index in [2.05, 4.69) is 20.5 Å². The second-order valence-electron chi connectivity index (χ2n) is 7.58. The molecule has 0 radical (unpaired) electrons. The monoisotopic (exact) mass is 384 g/mol. The van der Waals surface area contributed by atoms with E-state index in [4.69, 9.17) is 5.73 Å². The molecule has 28 heavy (non-hydrogen) atoms. The third-order valence-corrected chi connectivity index (χ3v) is 5.71. The molecule has 0 atom stereocenters. The van der Waals surface area contributed by atoms with Gasteiger partial charge in [-0.2, -0.15) is 4.98 Å². The molecule has 3 rings (SSSR count). The lowest BCUT2D eigenvalue weighted by Crippen LogP contribution is -2.58. The van der Waals surface area contributed by atoms with Crippen LogP contribution in [0.5, 0.6) is 0 Å². The number of carbonyl (C=O) groups excluding carboxylic acids is 2. The van der Waals surface area contributed by atoms with E-state index in [9.17, 15) is 9.59 Å². The molecular formula is C20H28N6O2. The van der Waals surface area contributed by atoms with E-state index in [1.54, 1.807) is 11.9 Å². The predicted octanol–water partition coefficient (Wildman–Crippen LogP) is 2.35. The van der Waals surface area contributed by atoms with Crippen LogP contribution in [0.25, 0.3) is 0 Å². The Bertz CT molecular complexity index is 849. The molecule has 4 N–H and O–H groups in total. The Hall–Kier alpha value is -2.90. The largest absolute Gasteiger partial charge is 0.367 e. The summed E-state index contributed by atoms with van der Waals surface area (Å²) in [6.45, 7) is 3.94. The number of hydrogen-bond donors (Lipinski definition) is 3. The quantitative estimate of drug-likeness (QED) is 0.731. The highest BCUT2D eigenvalue weighted by Gasteiger charge is 2.45. The van der Waals surface area contributed by atoms with Crippen LogP contribution in [0.4, 0.5) is 11.6 Å². The van der Waals surface area contributed by atoms with Crippen LogP contribution in [-0.2, 0) is 16.0 Å². The van der Waals surface area contributed by atoms with E-state index in [0.717, 1.165) is 36.1 Å². The number of anilines is 2. The highest BCUT2D eigenvalue weighted by atomic mass is 16.2. The number of hydrogen-bond acceptors (Lipinski definition) is 5. The van der Waals surface area contributed by atoms with E-state index in [1.165, 1.54) is 0 Å². The number of amides is 2. The van der Waals surface area contributed by atoms with Gasteiger partial charge in [0.15, 0.2) is 0 Å². The average molecular weight is 384 g/mol. The molecule has 1 aliphatic carbocycles. The standard InChI is InChI=1S/C20H28N6O2/c1-13-8-7-9-14(2)17(13)23-18(28)20(10-5-4-6-11-20)26(3)16(27)12-15-22-19(21)25-24-15/h7-9H,4-6,10-12H2,1-3H3,(H,23,28)(H3,21,22,24,25). The van der Waals surface area contributed by atoms with Crippen molar-refractivity contribution in [3.05, 3.63) is 35.2 Å². The van der Waals surface area contributed by atoms with Crippen LogP contribution >= 0.6 is 0 Å². The van der Waals surface area contributed by atoms with Crippen LogP contribution in [0.15, 0.2) is 18.2 Å². The Kier molecular flexibility index (Phi) is 5.67. The fraction of sp³-hybridized carbons (Fsp3) is 0.500. The van der Waals surface area contributed by atoms with Crippen molar-refractivity contribution in [2.24, 2.45) is 0 Å². The first-order valence-corrected chi connectivity index (χ1v) is 9.64. The zero-order valence-corrected chi connectivity index (χ0v) is 16.7. The molecule has 2 amide bonds. The Morgan fingerprint density at radius 1 is 1.21 bits per heavy atom. The topological polar surface area (TPSA) is 117 Å². The van der Waals surface area contributed by atoms with Crippen LogP contribution in [0.3, 0.4) is 0 Å². The van der Waals surface area contributed by atoms with Gasteiger partial charge in [-0.1, -0.05) is 37.5 Å². The smallest absolute Gasteiger partial charge is 0.250 e. The average Bonchev–Trinajstić information content (AvgIpc) is 3.09. The second kappa shape index (κ2) is 8.00. The van der Waals surface area contributed by atoms with Crippen molar-refractivity contribution in [3.63, 3.8) is 0 Å². The van der Waals surface area contributed by atoms with Gasteiger partial charge in [-0.05, 0) is 37.8 Å². The first-order valence-electron chi connectivity index (χ1n) is 9.64. The number of nitrogens with zero attached hydrogens (tertiary/aromatic N) is 3. The van der Waals surface area contributed by atoms with Crippen molar-refractivity contribution in [1.29, 1.82) is 0 Å². The maximum Gasteiger partial charge on any atom is 0.250 e. The van der Waals surface area contributed by atoms with Gasteiger partial charge in [-0.15, -0.1) is 5.10 Å². The Labute approximate surface area is 164 Å². The van der Waals surface area contributed by atoms with Crippen molar-refractivity contribution in [2.45, 2.75) is 57.9 Å². The van der Waals surface area contributed by atoms with Gasteiger partial charge in [0.1, 0.15) is 11.4 Å². The molecule has 1 saturated carbocycles. The van der Waals surface area contributed by atoms with Gasteiger partial charge >= 0.3 is 0 Å². The molecule has 0 spiro atoms. The number of carbonyl (C=O) groups is 2. The van der Waals surface area contributed by atoms with Crippen molar-refractivity contribution < 1.29 is 9.59 Å². The number of para-hydroxylation sites is 1. The van der Waals surface area contributed by atoms with Gasteiger partial charge in [0, 0.05) is 12.7 Å². The third kappa shape index (κ3) is 3.85. The molecule has 1 aromatic heterocycles. The van der Waals surface area contributed by atoms with E-state index in [0.29, 0.717) is 18.7 Å². The van der Waals surface area contributed by atoms with Crippen molar-refractivity contribution in [1.82, 2.24) is 20.1 Å². The van der Waals surface area contributed by atoms with Gasteiger partial charge in [0.25, 0.3) is 0 Å². The van der Waals surface area contributed by atoms with E-state index >= 15 is 0 Å². The molecular weight excluding hydrogens is 356 g/mol. The van der Waals surface area contributed by atoms with Crippen LogP contribution in [0, 0.1) is 13.8 Å². The maximum atomic E-state index is 13.4. The molecule has 1 heterocycles. The lowest BCUT2D eigenvalue weighted by atomic mass is 9.79. The fourth-order valence-electron chi connectivity index (χ4n) is 3.98. The number of nitrogens with one attached hydrogen (secondary N) is 2. The highest BCUT2D eigenvalue weighted by Crippen LogP contribution is 2.35. The Morgan fingerprint density at radius 3 is 2.43 bits per heavy atom. The summed E-state index contributed by atoms with van der Waals surface area (Å²) in [6.07, 6.45) is 4.20. The number of aromatic amines is 1. The predicted molar refractivity (Wildman–Crippen MR) is 108 cm³/mol. The highest BCUT2D eigenvalue weighted by molar-refractivity contribution is 6.01. The van der Waals surface area contributed by atoms with Gasteiger partial charge in [0.2, 0.25) is 17.8 Å². The second-order valence-corrected chi connectivity index (χ2v) is 7.58. The van der Waals surface area contributed by atoms with E-state index in [-0.39, 0.29) is 24.2 Å². The normalized spacial score (nSPS) is 15.8. The molecule has 2 aromatic rings. The van der Waals surface area contributed by atoms with Gasteiger partial charge in [-0.3, -0.25) is 14.7 Å². The first kappa shape index (κ1) is 19.9. The fourth-order valence-corrected chi connectivity index (χ4v) is 3.98. The lowest BCUT2D eigenvalue weighted by Gasteiger charge is -2.43. The lowest BCUT2D eigenvalue weighted by molar-refractivity contribution is -0.145.